The van der Waals surface area contributed by atoms with Gasteiger partial charge in [0.2, 0.25) is 0 Å². The van der Waals surface area contributed by atoms with Crippen LogP contribution in [0.15, 0.2) is 243 Å². The van der Waals surface area contributed by atoms with Crippen LogP contribution in [0.1, 0.15) is 0 Å². The summed E-state index contributed by atoms with van der Waals surface area (Å²) in [5.41, 5.74) is 10.0. The van der Waals surface area contributed by atoms with E-state index in [-0.39, 0.29) is 0 Å². The Morgan fingerprint density at radius 1 is 0.136 bits per heavy atom. The second kappa shape index (κ2) is 14.5. The molecule has 0 saturated heterocycles. The molecule has 0 unspecified atom stereocenters. The Morgan fingerprint density at radius 3 is 0.667 bits per heavy atom. The lowest BCUT2D eigenvalue weighted by molar-refractivity contribution is 1.66. The summed E-state index contributed by atoms with van der Waals surface area (Å²) < 4.78 is 0. The summed E-state index contributed by atoms with van der Waals surface area (Å²) in [4.78, 5) is 0. The fourth-order valence-corrected chi connectivity index (χ4v) is 11.7. The van der Waals surface area contributed by atoms with Crippen LogP contribution in [0.2, 0.25) is 0 Å². The van der Waals surface area contributed by atoms with Crippen LogP contribution in [0.3, 0.4) is 0 Å². The maximum Gasteiger partial charge on any atom is -0.00137 e. The highest BCUT2D eigenvalue weighted by Gasteiger charge is 2.22. The minimum atomic E-state index is 1.22. The summed E-state index contributed by atoms with van der Waals surface area (Å²) in [6, 6.07) is 90.4. The molecule has 0 aromatic heterocycles. The third-order valence-corrected chi connectivity index (χ3v) is 14.4. The molecule has 0 aliphatic rings. The van der Waals surface area contributed by atoms with Crippen LogP contribution in [0, 0.1) is 0 Å². The van der Waals surface area contributed by atoms with Crippen LogP contribution in [-0.2, 0) is 0 Å². The monoisotopic (exact) mass is 832 g/mol. The van der Waals surface area contributed by atoms with Gasteiger partial charge in [-0.3, -0.25) is 0 Å². The van der Waals surface area contributed by atoms with Crippen LogP contribution in [0.25, 0.3) is 141 Å². The van der Waals surface area contributed by atoms with Gasteiger partial charge in [0.1, 0.15) is 0 Å². The summed E-state index contributed by atoms with van der Waals surface area (Å²) in [5.74, 6) is 0. The van der Waals surface area contributed by atoms with Crippen molar-refractivity contribution < 1.29 is 0 Å². The number of hydrogen-bond acceptors (Lipinski definition) is 0. The fourth-order valence-electron chi connectivity index (χ4n) is 11.7. The molecule has 0 spiro atoms. The van der Waals surface area contributed by atoms with E-state index in [4.69, 9.17) is 0 Å². The zero-order valence-corrected chi connectivity index (χ0v) is 36.1. The molecular weight excluding hydrogens is 793 g/mol. The zero-order chi connectivity index (χ0) is 43.3. The lowest BCUT2D eigenvalue weighted by Crippen LogP contribution is -1.93. The van der Waals surface area contributed by atoms with Gasteiger partial charge >= 0.3 is 0 Å². The van der Waals surface area contributed by atoms with E-state index in [0.717, 1.165) is 0 Å². The average Bonchev–Trinajstić information content (AvgIpc) is 3.39. The predicted octanol–water partition coefficient (Wildman–Crippen LogP) is 18.7. The molecule has 14 rings (SSSR count). The molecule has 304 valence electrons. The van der Waals surface area contributed by atoms with Crippen molar-refractivity contribution in [2.24, 2.45) is 0 Å². The first-order chi connectivity index (χ1) is 32.8. The minimum Gasteiger partial charge on any atom is -0.0622 e. The van der Waals surface area contributed by atoms with Gasteiger partial charge in [0.05, 0.1) is 0 Å². The topological polar surface area (TPSA) is 0 Å². The van der Waals surface area contributed by atoms with Crippen LogP contribution in [0.5, 0.6) is 0 Å². The molecule has 0 aliphatic carbocycles. The Balaban J connectivity index is 1.12. The standard InChI is InChI=1S/C66H40/c1-3-19-41(20-4-1)61-51-27-11-15-31-55(51)63(56-32-16-12-28-52(56)61)43-35-37-47-45-23-7-10-26-50(45)66-60-40-44(36-38-48(60)46-24-8-9-25-49(46)65(66)59(47)39-43)64-57-33-17-13-29-53(57)62(42-21-5-2-6-22-42)54-30-14-18-34-58(54)64/h1-40H. The van der Waals surface area contributed by atoms with Crippen LogP contribution < -0.4 is 0 Å². The fraction of sp³-hybridized carbons (Fsp3) is 0. The second-order valence-corrected chi connectivity index (χ2v) is 17.8. The van der Waals surface area contributed by atoms with E-state index < -0.39 is 0 Å². The third kappa shape index (κ3) is 5.33. The maximum atomic E-state index is 2.51. The molecule has 0 amide bonds. The van der Waals surface area contributed by atoms with Crippen molar-refractivity contribution >= 4 is 97.0 Å². The Kier molecular flexibility index (Phi) is 8.08. The SMILES string of the molecule is c1ccc(-c2c3ccccc3c(-c3ccc4c5ccccc5c5c6cc(-c7c8ccccc8c(-c8ccccc8)c8ccccc78)ccc6c6ccccc6c5c4c3)c3ccccc23)cc1. The number of benzene rings is 14. The Morgan fingerprint density at radius 2 is 0.364 bits per heavy atom. The van der Waals surface area contributed by atoms with Crippen molar-refractivity contribution in [2.75, 3.05) is 0 Å². The van der Waals surface area contributed by atoms with Crippen molar-refractivity contribution in [3.8, 4) is 44.5 Å². The molecule has 66 heavy (non-hydrogen) atoms. The van der Waals surface area contributed by atoms with Gasteiger partial charge in [-0.2, -0.15) is 0 Å². The molecule has 0 heterocycles. The van der Waals surface area contributed by atoms with E-state index in [0.29, 0.717) is 0 Å². The van der Waals surface area contributed by atoms with Crippen molar-refractivity contribution in [1.29, 1.82) is 0 Å². The van der Waals surface area contributed by atoms with Gasteiger partial charge in [-0.15, -0.1) is 0 Å². The van der Waals surface area contributed by atoms with Crippen molar-refractivity contribution in [2.45, 2.75) is 0 Å². The number of rotatable bonds is 4. The first-order valence-corrected chi connectivity index (χ1v) is 23.0. The third-order valence-electron chi connectivity index (χ3n) is 14.4. The minimum absolute atomic E-state index is 1.22. The molecule has 0 nitrogen and oxygen atoms in total. The maximum absolute atomic E-state index is 2.51. The van der Waals surface area contributed by atoms with Crippen LogP contribution in [0.4, 0.5) is 0 Å². The van der Waals surface area contributed by atoms with Crippen molar-refractivity contribution in [3.05, 3.63) is 243 Å². The lowest BCUT2D eigenvalue weighted by atomic mass is 9.82. The molecule has 0 radical (unpaired) electrons. The lowest BCUT2D eigenvalue weighted by Gasteiger charge is -2.20. The molecule has 0 aliphatic heterocycles. The Labute approximate surface area is 382 Å². The summed E-state index contributed by atoms with van der Waals surface area (Å²) >= 11 is 0. The van der Waals surface area contributed by atoms with Gasteiger partial charge < -0.3 is 0 Å². The van der Waals surface area contributed by atoms with E-state index in [1.54, 1.807) is 0 Å². The first-order valence-electron chi connectivity index (χ1n) is 23.0. The Bertz CT molecular complexity index is 3920. The van der Waals surface area contributed by atoms with Gasteiger partial charge in [0.25, 0.3) is 0 Å². The van der Waals surface area contributed by atoms with E-state index in [1.807, 2.05) is 0 Å². The van der Waals surface area contributed by atoms with Gasteiger partial charge in [-0.1, -0.05) is 231 Å². The molecule has 0 bridgehead atoms. The second-order valence-electron chi connectivity index (χ2n) is 17.8. The summed E-state index contributed by atoms with van der Waals surface area (Å²) in [6.07, 6.45) is 0. The average molecular weight is 833 g/mol. The molecule has 14 aromatic carbocycles. The first kappa shape index (κ1) is 36.9. The molecule has 14 aromatic rings. The zero-order valence-electron chi connectivity index (χ0n) is 36.1. The molecule has 0 N–H and O–H groups in total. The Hall–Kier alpha value is -8.58. The molecule has 0 heteroatoms. The largest absolute Gasteiger partial charge is 0.0622 e. The number of hydrogen-bond donors (Lipinski definition) is 0. The molecule has 0 fully saturated rings. The molecule has 0 saturated carbocycles. The van der Waals surface area contributed by atoms with E-state index in [2.05, 4.69) is 243 Å². The molecule has 0 atom stereocenters. The predicted molar refractivity (Wildman–Crippen MR) is 286 cm³/mol. The van der Waals surface area contributed by atoms with Gasteiger partial charge in [-0.05, 0) is 154 Å². The van der Waals surface area contributed by atoms with Crippen molar-refractivity contribution in [3.63, 3.8) is 0 Å². The van der Waals surface area contributed by atoms with Gasteiger partial charge in [0, 0.05) is 0 Å². The van der Waals surface area contributed by atoms with Crippen LogP contribution >= 0.6 is 0 Å². The van der Waals surface area contributed by atoms with E-state index in [1.165, 1.54) is 141 Å². The van der Waals surface area contributed by atoms with Gasteiger partial charge in [-0.25, -0.2) is 0 Å². The molecular formula is C66H40. The quantitative estimate of drug-likeness (QED) is 0.122. The van der Waals surface area contributed by atoms with E-state index in [9.17, 15) is 0 Å². The van der Waals surface area contributed by atoms with E-state index >= 15 is 0 Å². The van der Waals surface area contributed by atoms with Crippen LogP contribution in [-0.4, -0.2) is 0 Å². The number of fused-ring (bicyclic) bond motifs is 15. The highest BCUT2D eigenvalue weighted by molar-refractivity contribution is 6.40. The summed E-state index contributed by atoms with van der Waals surface area (Å²) in [6.45, 7) is 0. The van der Waals surface area contributed by atoms with Gasteiger partial charge in [0.15, 0.2) is 0 Å². The smallest absolute Gasteiger partial charge is 0.00137 e. The highest BCUT2D eigenvalue weighted by atomic mass is 14.2. The highest BCUT2D eigenvalue weighted by Crippen LogP contribution is 2.50. The van der Waals surface area contributed by atoms with Crippen molar-refractivity contribution in [1.82, 2.24) is 0 Å². The summed E-state index contributed by atoms with van der Waals surface area (Å²) in [7, 11) is 0. The summed E-state index contributed by atoms with van der Waals surface area (Å²) in [5, 5.41) is 22.9. The normalized spacial score (nSPS) is 11.9.